The molecule has 0 radical (unpaired) electrons. The van der Waals surface area contributed by atoms with Crippen molar-refractivity contribution in [1.29, 1.82) is 0 Å². The first-order valence-corrected chi connectivity index (χ1v) is 6.63. The van der Waals surface area contributed by atoms with E-state index >= 15 is 0 Å². The zero-order valence-corrected chi connectivity index (χ0v) is 11.1. The lowest BCUT2D eigenvalue weighted by molar-refractivity contribution is -0.120. The van der Waals surface area contributed by atoms with Crippen LogP contribution in [0.5, 0.6) is 0 Å². The van der Waals surface area contributed by atoms with Gasteiger partial charge < -0.3 is 16.8 Å². The number of benzene rings is 1. The van der Waals surface area contributed by atoms with Crippen LogP contribution in [0.2, 0.25) is 0 Å². The molecule has 2 rings (SSSR count). The van der Waals surface area contributed by atoms with Gasteiger partial charge in [-0.15, -0.1) is 0 Å². The summed E-state index contributed by atoms with van der Waals surface area (Å²) >= 11 is 0. The van der Waals surface area contributed by atoms with Gasteiger partial charge >= 0.3 is 0 Å². The maximum atomic E-state index is 13.6. The predicted octanol–water partition coefficient (Wildman–Crippen LogP) is 1.38. The molecule has 0 atom stereocenters. The van der Waals surface area contributed by atoms with E-state index in [0.29, 0.717) is 12.8 Å². The molecule has 1 aromatic carbocycles. The summed E-state index contributed by atoms with van der Waals surface area (Å²) in [5.41, 5.74) is 11.1. The molecule has 0 spiro atoms. The Labute approximate surface area is 116 Å². The summed E-state index contributed by atoms with van der Waals surface area (Å²) in [5.74, 6) is -1.65. The first kappa shape index (κ1) is 14.5. The van der Waals surface area contributed by atoms with Gasteiger partial charge in [0.1, 0.15) is 5.82 Å². The van der Waals surface area contributed by atoms with Crippen LogP contribution in [0.15, 0.2) is 18.2 Å². The molecule has 2 amide bonds. The van der Waals surface area contributed by atoms with Crippen molar-refractivity contribution in [3.05, 3.63) is 29.6 Å². The van der Waals surface area contributed by atoms with Gasteiger partial charge in [0, 0.05) is 17.5 Å². The Morgan fingerprint density at radius 1 is 1.20 bits per heavy atom. The molecule has 0 heterocycles. The van der Waals surface area contributed by atoms with Crippen LogP contribution in [-0.4, -0.2) is 17.9 Å². The summed E-state index contributed by atoms with van der Waals surface area (Å²) in [4.78, 5) is 23.1. The first-order chi connectivity index (χ1) is 9.47. The Morgan fingerprint density at radius 2 is 1.85 bits per heavy atom. The normalized spacial score (nSPS) is 22.3. The van der Waals surface area contributed by atoms with E-state index in [-0.39, 0.29) is 29.1 Å². The molecule has 0 saturated heterocycles. The van der Waals surface area contributed by atoms with E-state index in [0.717, 1.165) is 18.9 Å². The number of hydrogen-bond donors (Lipinski definition) is 3. The summed E-state index contributed by atoms with van der Waals surface area (Å²) < 4.78 is 13.6. The van der Waals surface area contributed by atoms with E-state index in [4.69, 9.17) is 11.5 Å². The molecule has 1 aromatic rings. The monoisotopic (exact) mass is 279 g/mol. The second-order valence-electron chi connectivity index (χ2n) is 5.16. The van der Waals surface area contributed by atoms with Crippen LogP contribution in [-0.2, 0) is 4.79 Å². The minimum Gasteiger partial charge on any atom is -0.366 e. The van der Waals surface area contributed by atoms with Gasteiger partial charge in [-0.05, 0) is 43.9 Å². The van der Waals surface area contributed by atoms with E-state index in [2.05, 4.69) is 5.32 Å². The average molecular weight is 279 g/mol. The number of anilines is 1. The number of carbonyl (C=O) groups is 2. The molecule has 0 aliphatic heterocycles. The van der Waals surface area contributed by atoms with Crippen molar-refractivity contribution in [1.82, 2.24) is 0 Å². The SMILES string of the molecule is NC(=O)c1ccc(F)c(NC(=O)C2CCC(N)CC2)c1. The van der Waals surface area contributed by atoms with Gasteiger partial charge in [0.05, 0.1) is 5.69 Å². The molecule has 0 aromatic heterocycles. The number of primary amides is 1. The molecule has 0 unspecified atom stereocenters. The third kappa shape index (κ3) is 3.33. The summed E-state index contributed by atoms with van der Waals surface area (Å²) in [6.07, 6.45) is 2.98. The molecule has 1 aliphatic rings. The molecule has 0 bridgehead atoms. The van der Waals surface area contributed by atoms with Crippen LogP contribution in [0.1, 0.15) is 36.0 Å². The Hall–Kier alpha value is -1.95. The smallest absolute Gasteiger partial charge is 0.248 e. The second kappa shape index (κ2) is 6.00. The fraction of sp³-hybridized carbons (Fsp3) is 0.429. The Balaban J connectivity index is 2.07. The van der Waals surface area contributed by atoms with Crippen LogP contribution >= 0.6 is 0 Å². The summed E-state index contributed by atoms with van der Waals surface area (Å²) in [7, 11) is 0. The van der Waals surface area contributed by atoms with E-state index in [9.17, 15) is 14.0 Å². The minimum absolute atomic E-state index is 0.0128. The third-order valence-electron chi connectivity index (χ3n) is 3.65. The molecule has 1 fully saturated rings. The number of nitrogens with one attached hydrogen (secondary N) is 1. The zero-order chi connectivity index (χ0) is 14.7. The van der Waals surface area contributed by atoms with Crippen LogP contribution in [0.3, 0.4) is 0 Å². The standard InChI is InChI=1S/C14H18FN3O2/c15-11-6-3-9(13(17)19)7-12(11)18-14(20)8-1-4-10(16)5-2-8/h3,6-8,10H,1-2,4-5,16H2,(H2,17,19)(H,18,20). The lowest BCUT2D eigenvalue weighted by Crippen LogP contribution is -2.32. The number of hydrogen-bond acceptors (Lipinski definition) is 3. The maximum absolute atomic E-state index is 13.6. The minimum atomic E-state index is -0.663. The van der Waals surface area contributed by atoms with E-state index in [1.54, 1.807) is 0 Å². The van der Waals surface area contributed by atoms with E-state index in [1.165, 1.54) is 12.1 Å². The molecule has 20 heavy (non-hydrogen) atoms. The van der Waals surface area contributed by atoms with Gasteiger partial charge in [0.25, 0.3) is 0 Å². The number of rotatable bonds is 3. The number of nitrogens with two attached hydrogens (primary N) is 2. The maximum Gasteiger partial charge on any atom is 0.248 e. The molecule has 1 saturated carbocycles. The molecule has 6 heteroatoms. The largest absolute Gasteiger partial charge is 0.366 e. The van der Waals surface area contributed by atoms with Gasteiger partial charge in [-0.3, -0.25) is 9.59 Å². The highest BCUT2D eigenvalue weighted by Gasteiger charge is 2.25. The third-order valence-corrected chi connectivity index (χ3v) is 3.65. The summed E-state index contributed by atoms with van der Waals surface area (Å²) in [5, 5.41) is 2.53. The molecule has 5 N–H and O–H groups in total. The number of halogens is 1. The Bertz CT molecular complexity index is 525. The topological polar surface area (TPSA) is 98.2 Å². The fourth-order valence-electron chi connectivity index (χ4n) is 2.39. The van der Waals surface area contributed by atoms with Gasteiger partial charge in [-0.2, -0.15) is 0 Å². The lowest BCUT2D eigenvalue weighted by Gasteiger charge is -2.25. The Kier molecular flexibility index (Phi) is 4.34. The molecule has 5 nitrogen and oxygen atoms in total. The van der Waals surface area contributed by atoms with Crippen LogP contribution in [0.25, 0.3) is 0 Å². The van der Waals surface area contributed by atoms with E-state index < -0.39 is 11.7 Å². The van der Waals surface area contributed by atoms with E-state index in [1.807, 2.05) is 0 Å². The van der Waals surface area contributed by atoms with Crippen LogP contribution in [0.4, 0.5) is 10.1 Å². The number of amides is 2. The van der Waals surface area contributed by atoms with Gasteiger partial charge in [-0.25, -0.2) is 4.39 Å². The number of carbonyl (C=O) groups excluding carboxylic acids is 2. The average Bonchev–Trinajstić information content (AvgIpc) is 2.41. The molecule has 1 aliphatic carbocycles. The highest BCUT2D eigenvalue weighted by Crippen LogP contribution is 2.25. The molecular weight excluding hydrogens is 261 g/mol. The van der Waals surface area contributed by atoms with Crippen LogP contribution in [0, 0.1) is 11.7 Å². The van der Waals surface area contributed by atoms with Crippen molar-refractivity contribution in [3.63, 3.8) is 0 Å². The van der Waals surface area contributed by atoms with Crippen molar-refractivity contribution in [2.24, 2.45) is 17.4 Å². The summed E-state index contributed by atoms with van der Waals surface area (Å²) in [6.45, 7) is 0. The molecular formula is C14H18FN3O2. The van der Waals surface area contributed by atoms with Crippen molar-refractivity contribution >= 4 is 17.5 Å². The van der Waals surface area contributed by atoms with Crippen molar-refractivity contribution in [2.45, 2.75) is 31.7 Å². The second-order valence-corrected chi connectivity index (χ2v) is 5.16. The van der Waals surface area contributed by atoms with Crippen molar-refractivity contribution in [2.75, 3.05) is 5.32 Å². The summed E-state index contributed by atoms with van der Waals surface area (Å²) in [6, 6.07) is 3.80. The quantitative estimate of drug-likeness (QED) is 0.779. The fourth-order valence-corrected chi connectivity index (χ4v) is 2.39. The predicted molar refractivity (Wildman–Crippen MR) is 73.5 cm³/mol. The zero-order valence-electron chi connectivity index (χ0n) is 11.1. The van der Waals surface area contributed by atoms with Gasteiger partial charge in [0.2, 0.25) is 11.8 Å². The highest BCUT2D eigenvalue weighted by molar-refractivity contribution is 5.97. The van der Waals surface area contributed by atoms with Gasteiger partial charge in [0.15, 0.2) is 0 Å². The van der Waals surface area contributed by atoms with Crippen molar-refractivity contribution in [3.8, 4) is 0 Å². The highest BCUT2D eigenvalue weighted by atomic mass is 19.1. The Morgan fingerprint density at radius 3 is 2.45 bits per heavy atom. The lowest BCUT2D eigenvalue weighted by atomic mass is 9.86. The molecule has 108 valence electrons. The van der Waals surface area contributed by atoms with Crippen molar-refractivity contribution < 1.29 is 14.0 Å². The van der Waals surface area contributed by atoms with Crippen LogP contribution < -0.4 is 16.8 Å². The first-order valence-electron chi connectivity index (χ1n) is 6.63. The van der Waals surface area contributed by atoms with Gasteiger partial charge in [-0.1, -0.05) is 0 Å².